The Kier molecular flexibility index (Phi) is 7.02. The highest BCUT2D eigenvalue weighted by Gasteiger charge is 2.60. The molecule has 0 radical (unpaired) electrons. The minimum atomic E-state index is -3.99. The van der Waals surface area contributed by atoms with Crippen molar-refractivity contribution in [3.63, 3.8) is 0 Å². The van der Waals surface area contributed by atoms with Gasteiger partial charge in [0.1, 0.15) is 27.3 Å². The van der Waals surface area contributed by atoms with E-state index >= 15 is 0 Å². The molecule has 0 saturated carbocycles. The second kappa shape index (κ2) is 8.93. The van der Waals surface area contributed by atoms with Crippen molar-refractivity contribution in [2.24, 2.45) is 4.99 Å². The van der Waals surface area contributed by atoms with Gasteiger partial charge in [-0.05, 0) is 98.2 Å². The maximum atomic E-state index is 14.2. The van der Waals surface area contributed by atoms with Gasteiger partial charge in [0, 0.05) is 10.6 Å². The van der Waals surface area contributed by atoms with Gasteiger partial charge in [-0.1, -0.05) is 0 Å². The van der Waals surface area contributed by atoms with Crippen molar-refractivity contribution in [1.82, 2.24) is 4.90 Å². The van der Waals surface area contributed by atoms with E-state index < -0.39 is 48.8 Å². The molecule has 3 rings (SSSR count). The number of aliphatic imine (C=N–C) groups is 1. The highest BCUT2D eigenvalue weighted by molar-refractivity contribution is 7.99. The van der Waals surface area contributed by atoms with E-state index in [1.165, 1.54) is 25.6 Å². The van der Waals surface area contributed by atoms with Gasteiger partial charge >= 0.3 is 12.2 Å². The number of imide groups is 1. The number of amides is 2. The summed E-state index contributed by atoms with van der Waals surface area (Å²) in [6, 6.07) is 5.33. The second-order valence-corrected chi connectivity index (χ2v) is 15.6. The maximum Gasteiger partial charge on any atom is 0.425 e. The molecule has 0 unspecified atom stereocenters. The Bertz CT molecular complexity index is 1180. The monoisotopic (exact) mass is 539 g/mol. The number of carbonyl (C=O) groups is 2. The smallest absolute Gasteiger partial charge is 0.425 e. The lowest BCUT2D eigenvalue weighted by Crippen LogP contribution is -2.64. The lowest BCUT2D eigenvalue weighted by atomic mass is 9.86. The molecule has 1 aromatic carbocycles. The van der Waals surface area contributed by atoms with Crippen molar-refractivity contribution in [2.75, 3.05) is 11.5 Å². The Morgan fingerprint density at radius 1 is 1.06 bits per heavy atom. The van der Waals surface area contributed by atoms with E-state index in [0.29, 0.717) is 28.3 Å². The van der Waals surface area contributed by atoms with Gasteiger partial charge in [0.05, 0.1) is 5.25 Å². The summed E-state index contributed by atoms with van der Waals surface area (Å²) in [5, 5.41) is -0.890. The summed E-state index contributed by atoms with van der Waals surface area (Å²) in [7, 11) is -3.99. The highest BCUT2D eigenvalue weighted by atomic mass is 32.2. The molecule has 0 fully saturated rings. The number of nitrogens with two attached hydrogens (primary N) is 1. The van der Waals surface area contributed by atoms with Gasteiger partial charge in [-0.15, -0.1) is 11.8 Å². The van der Waals surface area contributed by atoms with Gasteiger partial charge in [-0.2, -0.15) is 4.90 Å². The Morgan fingerprint density at radius 3 is 2.08 bits per heavy atom. The summed E-state index contributed by atoms with van der Waals surface area (Å²) in [6.07, 6.45) is -1.77. The number of benzene rings is 1. The minimum Gasteiger partial charge on any atom is -0.443 e. The fourth-order valence-corrected chi connectivity index (χ4v) is 8.03. The number of carbonyl (C=O) groups excluding carboxylic acids is 2. The normalized spacial score (nSPS) is 24.9. The summed E-state index contributed by atoms with van der Waals surface area (Å²) in [5.41, 5.74) is 3.98. The van der Waals surface area contributed by atoms with Crippen LogP contribution in [0.2, 0.25) is 0 Å². The van der Waals surface area contributed by atoms with Gasteiger partial charge in [0.25, 0.3) is 0 Å². The van der Waals surface area contributed by atoms with E-state index in [9.17, 15) is 18.0 Å². The molecule has 2 aliphatic heterocycles. The zero-order valence-corrected chi connectivity index (χ0v) is 24.1. The summed E-state index contributed by atoms with van der Waals surface area (Å²) in [6.45, 7) is 14.6. The van der Waals surface area contributed by atoms with Crippen molar-refractivity contribution < 1.29 is 27.5 Å². The molecule has 1 aromatic rings. The average Bonchev–Trinajstić information content (AvgIpc) is 2.81. The Morgan fingerprint density at radius 2 is 1.58 bits per heavy atom. The summed E-state index contributed by atoms with van der Waals surface area (Å²) >= 11 is 1.54. The number of thioether (sulfide) groups is 1. The Balaban J connectivity index is 2.34. The van der Waals surface area contributed by atoms with Gasteiger partial charge in [0.15, 0.2) is 9.84 Å². The number of nitrogens with zero attached hydrogens (tertiary/aromatic N) is 2. The quantitative estimate of drug-likeness (QED) is 0.450. The molecule has 2 heterocycles. The zero-order chi connectivity index (χ0) is 27.5. The Hall–Kier alpha value is -2.27. The number of amidine groups is 1. The maximum absolute atomic E-state index is 14.2. The molecule has 2 aliphatic rings. The third kappa shape index (κ3) is 5.09. The van der Waals surface area contributed by atoms with Crippen LogP contribution in [0.15, 0.2) is 28.1 Å². The predicted molar refractivity (Wildman–Crippen MR) is 142 cm³/mol. The Labute approximate surface area is 218 Å². The zero-order valence-electron chi connectivity index (χ0n) is 22.5. The van der Waals surface area contributed by atoms with Crippen molar-refractivity contribution in [1.29, 1.82) is 0 Å². The molecule has 9 nitrogen and oxygen atoms in total. The first-order chi connectivity index (χ1) is 16.2. The summed E-state index contributed by atoms with van der Waals surface area (Å²) in [5.74, 6) is 0.323. The van der Waals surface area contributed by atoms with E-state index in [0.717, 1.165) is 4.90 Å². The molecule has 2 atom stereocenters. The van der Waals surface area contributed by atoms with E-state index in [2.05, 4.69) is 0 Å². The molecular formula is C25H37N3O6S2. The van der Waals surface area contributed by atoms with Crippen LogP contribution in [-0.4, -0.2) is 58.3 Å². The third-order valence-corrected chi connectivity index (χ3v) is 10.3. The lowest BCUT2D eigenvalue weighted by Gasteiger charge is -2.46. The van der Waals surface area contributed by atoms with Gasteiger partial charge in [-0.25, -0.2) is 18.0 Å². The predicted octanol–water partition coefficient (Wildman–Crippen LogP) is 5.13. The molecular weight excluding hydrogens is 502 g/mol. The average molecular weight is 540 g/mol. The molecule has 11 heteroatoms. The van der Waals surface area contributed by atoms with Crippen molar-refractivity contribution in [3.05, 3.63) is 23.8 Å². The molecule has 0 saturated heterocycles. The van der Waals surface area contributed by atoms with Gasteiger partial charge in [-0.3, -0.25) is 4.99 Å². The van der Waals surface area contributed by atoms with Crippen molar-refractivity contribution in [3.8, 4) is 0 Å². The molecule has 0 aromatic heterocycles. The first-order valence-corrected chi connectivity index (χ1v) is 14.4. The van der Waals surface area contributed by atoms with Crippen LogP contribution in [0, 0.1) is 0 Å². The molecule has 0 bridgehead atoms. The number of fused-ring (bicyclic) bond motifs is 3. The SMILES string of the molecule is CC(C)(C)OC(=O)N(C(=O)OC(C)(C)C)C1=N[C@]2(C)c3cc(N)ccc3SCC[C@@H]2S(=O)(=O)C1(C)C. The number of anilines is 1. The second-order valence-electron chi connectivity index (χ2n) is 11.8. The van der Waals surface area contributed by atoms with E-state index in [4.69, 9.17) is 20.2 Å². The van der Waals surface area contributed by atoms with Gasteiger partial charge in [0.2, 0.25) is 0 Å². The number of nitrogen functional groups attached to an aromatic ring is 1. The number of hydrogen-bond donors (Lipinski definition) is 1. The van der Waals surface area contributed by atoms with Crippen molar-refractivity contribution >= 4 is 45.3 Å². The van der Waals surface area contributed by atoms with Crippen LogP contribution in [0.25, 0.3) is 0 Å². The van der Waals surface area contributed by atoms with Crippen LogP contribution in [0.1, 0.15) is 74.3 Å². The van der Waals surface area contributed by atoms with Crippen LogP contribution in [0.5, 0.6) is 0 Å². The van der Waals surface area contributed by atoms with Crippen LogP contribution in [0.3, 0.4) is 0 Å². The first kappa shape index (κ1) is 28.3. The molecule has 2 N–H and O–H groups in total. The van der Waals surface area contributed by atoms with Crippen LogP contribution < -0.4 is 5.73 Å². The summed E-state index contributed by atoms with van der Waals surface area (Å²) < 4.78 is 37.7. The number of ether oxygens (including phenoxy) is 2. The molecule has 200 valence electrons. The van der Waals surface area contributed by atoms with Gasteiger partial charge < -0.3 is 15.2 Å². The minimum absolute atomic E-state index is 0.245. The van der Waals surface area contributed by atoms with Crippen LogP contribution in [-0.2, 0) is 24.8 Å². The first-order valence-electron chi connectivity index (χ1n) is 11.8. The van der Waals surface area contributed by atoms with Crippen molar-refractivity contribution in [2.45, 2.75) is 100 Å². The highest BCUT2D eigenvalue weighted by Crippen LogP contribution is 2.50. The van der Waals surface area contributed by atoms with E-state index in [-0.39, 0.29) is 5.84 Å². The molecule has 36 heavy (non-hydrogen) atoms. The number of sulfone groups is 1. The summed E-state index contributed by atoms with van der Waals surface area (Å²) in [4.78, 5) is 33.3. The number of hydrogen-bond acceptors (Lipinski definition) is 9. The fraction of sp³-hybridized carbons (Fsp3) is 0.640. The topological polar surface area (TPSA) is 128 Å². The third-order valence-electron chi connectivity index (χ3n) is 6.14. The fourth-order valence-electron chi connectivity index (χ4n) is 4.41. The lowest BCUT2D eigenvalue weighted by molar-refractivity contribution is 0.0138. The molecule has 0 aliphatic carbocycles. The standard InChI is InChI=1S/C25H37N3O6S2/c1-22(2,3)33-20(29)28(21(30)34-23(4,5)6)19-24(7,8)36(31,32)18-12-13-35-17-11-10-15(26)14-16(17)25(18,9)27-19/h10-11,14,18H,12-13,26H2,1-9H3/t18-,25+/m0/s1. The van der Waals surface area contributed by atoms with E-state index in [1.54, 1.807) is 60.6 Å². The largest absolute Gasteiger partial charge is 0.443 e. The number of rotatable bonds is 0. The molecule has 2 amide bonds. The van der Waals surface area contributed by atoms with Crippen LogP contribution >= 0.6 is 11.8 Å². The molecule has 0 spiro atoms. The van der Waals surface area contributed by atoms with E-state index in [1.807, 2.05) is 6.07 Å². The van der Waals surface area contributed by atoms with Crippen LogP contribution in [0.4, 0.5) is 15.3 Å².